The Labute approximate surface area is 70.8 Å². The summed E-state index contributed by atoms with van der Waals surface area (Å²) in [7, 11) is 0. The maximum atomic E-state index is 10.8. The number of rotatable bonds is 2. The van der Waals surface area contributed by atoms with E-state index in [0.717, 1.165) is 0 Å². The van der Waals surface area contributed by atoms with Gasteiger partial charge < -0.3 is 10.2 Å². The third kappa shape index (κ3) is 1.47. The van der Waals surface area contributed by atoms with Crippen LogP contribution in [0.5, 0.6) is 0 Å². The van der Waals surface area contributed by atoms with Gasteiger partial charge in [-0.15, -0.1) is 0 Å². The number of aromatic nitrogens is 1. The number of hydrogen-bond acceptors (Lipinski definition) is 3. The lowest BCUT2D eigenvalue weighted by molar-refractivity contribution is 0.0971. The maximum absolute atomic E-state index is 10.8. The van der Waals surface area contributed by atoms with E-state index in [0.29, 0.717) is 11.6 Å². The molecule has 0 aromatic carbocycles. The van der Waals surface area contributed by atoms with Gasteiger partial charge in [0.05, 0.1) is 5.69 Å². The lowest BCUT2D eigenvalue weighted by Gasteiger charge is -1.98. The molecule has 4 nitrogen and oxygen atoms in total. The Hall–Kier alpha value is -1.32. The van der Waals surface area contributed by atoms with Crippen LogP contribution in [0, 0.1) is 6.92 Å². The van der Waals surface area contributed by atoms with Crippen LogP contribution in [0.3, 0.4) is 0 Å². The van der Waals surface area contributed by atoms with Crippen LogP contribution in [0.15, 0.2) is 4.42 Å². The highest BCUT2D eigenvalue weighted by Gasteiger charge is 2.18. The average Bonchev–Trinajstić information content (AvgIpc) is 2.31. The second-order valence-corrected chi connectivity index (χ2v) is 2.97. The predicted molar refractivity (Wildman–Crippen MR) is 43.8 cm³/mol. The molecule has 0 spiro atoms. The molecule has 0 aliphatic rings. The smallest absolute Gasteiger partial charge is 0.286 e. The topological polar surface area (TPSA) is 69.1 Å². The first-order valence-corrected chi connectivity index (χ1v) is 3.79. The number of hydrogen-bond donors (Lipinski definition) is 1. The molecule has 1 heterocycles. The number of amides is 1. The van der Waals surface area contributed by atoms with Crippen LogP contribution >= 0.6 is 0 Å². The zero-order valence-corrected chi connectivity index (χ0v) is 7.42. The molecule has 0 unspecified atom stereocenters. The van der Waals surface area contributed by atoms with Crippen LogP contribution in [-0.2, 0) is 0 Å². The van der Waals surface area contributed by atoms with E-state index in [1.807, 2.05) is 13.8 Å². The van der Waals surface area contributed by atoms with E-state index in [-0.39, 0.29) is 11.7 Å². The minimum atomic E-state index is -0.556. The molecule has 0 bridgehead atoms. The van der Waals surface area contributed by atoms with Crippen molar-refractivity contribution in [3.63, 3.8) is 0 Å². The molecule has 0 fully saturated rings. The van der Waals surface area contributed by atoms with E-state index < -0.39 is 5.91 Å². The number of nitrogens with zero attached hydrogens (tertiary/aromatic N) is 1. The van der Waals surface area contributed by atoms with Gasteiger partial charge in [0, 0.05) is 6.92 Å². The summed E-state index contributed by atoms with van der Waals surface area (Å²) < 4.78 is 5.05. The molecule has 0 atom stereocenters. The summed E-state index contributed by atoms with van der Waals surface area (Å²) in [6.07, 6.45) is 0. The second-order valence-electron chi connectivity index (χ2n) is 2.97. The maximum Gasteiger partial charge on any atom is 0.286 e. The Balaban J connectivity index is 3.17. The Morgan fingerprint density at radius 2 is 2.17 bits per heavy atom. The van der Waals surface area contributed by atoms with Crippen LogP contribution < -0.4 is 5.73 Å². The molecule has 0 saturated heterocycles. The molecule has 2 N–H and O–H groups in total. The highest BCUT2D eigenvalue weighted by atomic mass is 16.4. The largest absolute Gasteiger partial charge is 0.436 e. The summed E-state index contributed by atoms with van der Waals surface area (Å²) in [5.74, 6) is 0.263. The molecule has 1 aromatic rings. The zero-order valence-electron chi connectivity index (χ0n) is 7.42. The lowest BCUT2D eigenvalue weighted by atomic mass is 10.1. The Kier molecular flexibility index (Phi) is 2.17. The molecule has 0 radical (unpaired) electrons. The average molecular weight is 168 g/mol. The van der Waals surface area contributed by atoms with Crippen molar-refractivity contribution < 1.29 is 9.21 Å². The Morgan fingerprint density at radius 3 is 2.50 bits per heavy atom. The van der Waals surface area contributed by atoms with Gasteiger partial charge in [-0.25, -0.2) is 4.98 Å². The molecule has 1 aromatic heterocycles. The SMILES string of the molecule is Cc1nc(C(C)C)c(C(N)=O)o1. The number of carbonyl (C=O) groups excluding carboxylic acids is 1. The van der Waals surface area contributed by atoms with Gasteiger partial charge in [0.2, 0.25) is 5.76 Å². The summed E-state index contributed by atoms with van der Waals surface area (Å²) in [6, 6.07) is 0. The van der Waals surface area contributed by atoms with Gasteiger partial charge >= 0.3 is 0 Å². The van der Waals surface area contributed by atoms with E-state index >= 15 is 0 Å². The highest BCUT2D eigenvalue weighted by Crippen LogP contribution is 2.18. The van der Waals surface area contributed by atoms with Crippen molar-refractivity contribution >= 4 is 5.91 Å². The fourth-order valence-corrected chi connectivity index (χ4v) is 1.01. The molecule has 4 heteroatoms. The second kappa shape index (κ2) is 2.97. The number of primary amides is 1. The van der Waals surface area contributed by atoms with Gasteiger partial charge in [-0.2, -0.15) is 0 Å². The van der Waals surface area contributed by atoms with Crippen molar-refractivity contribution in [1.82, 2.24) is 4.98 Å². The Bertz CT molecular complexity index is 302. The van der Waals surface area contributed by atoms with E-state index in [2.05, 4.69) is 4.98 Å². The molecule has 0 aliphatic heterocycles. The van der Waals surface area contributed by atoms with E-state index in [4.69, 9.17) is 10.2 Å². The summed E-state index contributed by atoms with van der Waals surface area (Å²) in [4.78, 5) is 14.9. The molecular weight excluding hydrogens is 156 g/mol. The standard InChI is InChI=1S/C8H12N2O2/c1-4(2)6-7(8(9)11)12-5(3)10-6/h4H,1-3H3,(H2,9,11). The van der Waals surface area contributed by atoms with Crippen molar-refractivity contribution in [2.24, 2.45) is 5.73 Å². The molecule has 66 valence electrons. The van der Waals surface area contributed by atoms with E-state index in [9.17, 15) is 4.79 Å². The fraction of sp³-hybridized carbons (Fsp3) is 0.500. The molecule has 1 amide bonds. The van der Waals surface area contributed by atoms with Crippen LogP contribution in [0.2, 0.25) is 0 Å². The van der Waals surface area contributed by atoms with E-state index in [1.54, 1.807) is 6.92 Å². The van der Waals surface area contributed by atoms with Gasteiger partial charge in [0.15, 0.2) is 5.89 Å². The third-order valence-electron chi connectivity index (χ3n) is 1.53. The van der Waals surface area contributed by atoms with Crippen molar-refractivity contribution in [3.05, 3.63) is 17.3 Å². The van der Waals surface area contributed by atoms with Crippen molar-refractivity contribution in [2.75, 3.05) is 0 Å². The van der Waals surface area contributed by atoms with Crippen LogP contribution in [0.1, 0.15) is 41.9 Å². The van der Waals surface area contributed by atoms with Crippen LogP contribution in [-0.4, -0.2) is 10.9 Å². The number of nitrogens with two attached hydrogens (primary N) is 1. The Morgan fingerprint density at radius 1 is 1.58 bits per heavy atom. The molecule has 0 saturated carbocycles. The summed E-state index contributed by atoms with van der Waals surface area (Å²) >= 11 is 0. The summed E-state index contributed by atoms with van der Waals surface area (Å²) in [5, 5.41) is 0. The highest BCUT2D eigenvalue weighted by molar-refractivity contribution is 5.91. The lowest BCUT2D eigenvalue weighted by Crippen LogP contribution is -2.12. The van der Waals surface area contributed by atoms with Gasteiger partial charge in [-0.1, -0.05) is 13.8 Å². The van der Waals surface area contributed by atoms with Crippen LogP contribution in [0.25, 0.3) is 0 Å². The molecular formula is C8H12N2O2. The molecule has 1 rings (SSSR count). The van der Waals surface area contributed by atoms with Crippen molar-refractivity contribution in [2.45, 2.75) is 26.7 Å². The quantitative estimate of drug-likeness (QED) is 0.721. The predicted octanol–water partition coefficient (Wildman–Crippen LogP) is 1.21. The van der Waals surface area contributed by atoms with Crippen LogP contribution in [0.4, 0.5) is 0 Å². The molecule has 12 heavy (non-hydrogen) atoms. The first-order chi connectivity index (χ1) is 5.52. The first-order valence-electron chi connectivity index (χ1n) is 3.79. The van der Waals surface area contributed by atoms with Gasteiger partial charge in [0.1, 0.15) is 0 Å². The zero-order chi connectivity index (χ0) is 9.30. The third-order valence-corrected chi connectivity index (χ3v) is 1.53. The fourth-order valence-electron chi connectivity index (χ4n) is 1.01. The minimum Gasteiger partial charge on any atom is -0.436 e. The summed E-state index contributed by atoms with van der Waals surface area (Å²) in [5.41, 5.74) is 5.73. The van der Waals surface area contributed by atoms with Gasteiger partial charge in [-0.3, -0.25) is 4.79 Å². The van der Waals surface area contributed by atoms with Gasteiger partial charge in [-0.05, 0) is 5.92 Å². The number of aryl methyl sites for hydroxylation is 1. The monoisotopic (exact) mass is 168 g/mol. The van der Waals surface area contributed by atoms with Crippen molar-refractivity contribution in [3.8, 4) is 0 Å². The minimum absolute atomic E-state index is 0.157. The van der Waals surface area contributed by atoms with Gasteiger partial charge in [0.25, 0.3) is 5.91 Å². The first kappa shape index (κ1) is 8.77. The normalized spacial score (nSPS) is 10.7. The molecule has 0 aliphatic carbocycles. The van der Waals surface area contributed by atoms with Crippen molar-refractivity contribution in [1.29, 1.82) is 0 Å². The number of oxazole rings is 1. The van der Waals surface area contributed by atoms with E-state index in [1.165, 1.54) is 0 Å². The number of carbonyl (C=O) groups is 1. The summed E-state index contributed by atoms with van der Waals surface area (Å²) in [6.45, 7) is 5.56.